The highest BCUT2D eigenvalue weighted by molar-refractivity contribution is 9.10. The van der Waals surface area contributed by atoms with Gasteiger partial charge in [0.25, 0.3) is 0 Å². The van der Waals surface area contributed by atoms with Crippen LogP contribution in [-0.2, 0) is 6.54 Å². The number of aromatic hydroxyl groups is 1. The van der Waals surface area contributed by atoms with E-state index < -0.39 is 0 Å². The number of nitrogens with one attached hydrogen (secondary N) is 1. The van der Waals surface area contributed by atoms with Gasteiger partial charge < -0.3 is 15.2 Å². The van der Waals surface area contributed by atoms with Crippen molar-refractivity contribution in [1.29, 1.82) is 0 Å². The fourth-order valence-corrected chi connectivity index (χ4v) is 1.55. The molecule has 0 amide bonds. The van der Waals surface area contributed by atoms with E-state index in [1.165, 1.54) is 0 Å². The Kier molecular flexibility index (Phi) is 3.57. The van der Waals surface area contributed by atoms with Crippen molar-refractivity contribution in [1.82, 2.24) is 5.32 Å². The Bertz CT molecular complexity index is 302. The molecule has 72 valence electrons. The summed E-state index contributed by atoms with van der Waals surface area (Å²) in [5, 5.41) is 12.6. The molecule has 0 heterocycles. The van der Waals surface area contributed by atoms with Crippen LogP contribution in [0.3, 0.4) is 0 Å². The van der Waals surface area contributed by atoms with Crippen molar-refractivity contribution in [3.63, 3.8) is 0 Å². The molecule has 1 aromatic carbocycles. The van der Waals surface area contributed by atoms with Gasteiger partial charge in [0.1, 0.15) is 11.5 Å². The van der Waals surface area contributed by atoms with Gasteiger partial charge in [0, 0.05) is 12.1 Å². The highest BCUT2D eigenvalue weighted by Crippen LogP contribution is 2.32. The van der Waals surface area contributed by atoms with Gasteiger partial charge in [-0.3, -0.25) is 0 Å². The zero-order chi connectivity index (χ0) is 9.84. The second-order valence-electron chi connectivity index (χ2n) is 2.65. The van der Waals surface area contributed by atoms with Crippen LogP contribution in [0.2, 0.25) is 0 Å². The minimum Gasteiger partial charge on any atom is -0.506 e. The first kappa shape index (κ1) is 10.3. The first-order valence-corrected chi connectivity index (χ1v) is 4.68. The molecule has 0 radical (unpaired) electrons. The summed E-state index contributed by atoms with van der Waals surface area (Å²) in [6, 6.07) is 3.53. The van der Waals surface area contributed by atoms with Crippen LogP contribution in [0.25, 0.3) is 0 Å². The summed E-state index contributed by atoms with van der Waals surface area (Å²) in [4.78, 5) is 0. The second kappa shape index (κ2) is 4.48. The maximum Gasteiger partial charge on any atom is 0.134 e. The zero-order valence-electron chi connectivity index (χ0n) is 7.60. The third kappa shape index (κ3) is 2.35. The Morgan fingerprint density at radius 3 is 2.77 bits per heavy atom. The molecule has 0 aliphatic carbocycles. The number of rotatable bonds is 3. The predicted octanol–water partition coefficient (Wildman–Crippen LogP) is 1.88. The summed E-state index contributed by atoms with van der Waals surface area (Å²) in [6.07, 6.45) is 0. The third-order valence-electron chi connectivity index (χ3n) is 1.72. The van der Waals surface area contributed by atoms with Crippen LogP contribution >= 0.6 is 15.9 Å². The van der Waals surface area contributed by atoms with Gasteiger partial charge in [-0.25, -0.2) is 0 Å². The molecule has 13 heavy (non-hydrogen) atoms. The Morgan fingerprint density at radius 1 is 1.54 bits per heavy atom. The fourth-order valence-electron chi connectivity index (χ4n) is 1.07. The van der Waals surface area contributed by atoms with E-state index in [9.17, 15) is 5.11 Å². The SMILES string of the molecule is CNCc1cc(OC)cc(Br)c1O. The standard InChI is InChI=1S/C9H12BrNO2/c1-11-5-6-3-7(13-2)4-8(10)9(6)12/h3-4,11-12H,5H2,1-2H3. The van der Waals surface area contributed by atoms with Crippen LogP contribution in [0, 0.1) is 0 Å². The first-order valence-electron chi connectivity index (χ1n) is 3.89. The lowest BCUT2D eigenvalue weighted by Crippen LogP contribution is -2.05. The molecular weight excluding hydrogens is 234 g/mol. The molecule has 0 saturated heterocycles. The molecule has 0 fully saturated rings. The van der Waals surface area contributed by atoms with Crippen molar-refractivity contribution in [2.45, 2.75) is 6.54 Å². The Balaban J connectivity index is 3.09. The van der Waals surface area contributed by atoms with E-state index >= 15 is 0 Å². The smallest absolute Gasteiger partial charge is 0.134 e. The molecule has 0 spiro atoms. The van der Waals surface area contributed by atoms with Gasteiger partial charge >= 0.3 is 0 Å². The van der Waals surface area contributed by atoms with Crippen LogP contribution < -0.4 is 10.1 Å². The average Bonchev–Trinajstić information content (AvgIpc) is 2.13. The Labute approximate surface area is 85.9 Å². The molecule has 0 saturated carbocycles. The average molecular weight is 246 g/mol. The molecule has 2 N–H and O–H groups in total. The summed E-state index contributed by atoms with van der Waals surface area (Å²) in [6.45, 7) is 0.613. The molecule has 0 bridgehead atoms. The van der Waals surface area contributed by atoms with Crippen LogP contribution in [0.4, 0.5) is 0 Å². The minimum atomic E-state index is 0.259. The lowest BCUT2D eigenvalue weighted by Gasteiger charge is -2.08. The molecule has 1 rings (SSSR count). The van der Waals surface area contributed by atoms with E-state index in [0.717, 1.165) is 11.3 Å². The van der Waals surface area contributed by atoms with Gasteiger partial charge in [-0.05, 0) is 35.1 Å². The Morgan fingerprint density at radius 2 is 2.23 bits per heavy atom. The first-order chi connectivity index (χ1) is 6.19. The van der Waals surface area contributed by atoms with Crippen molar-refractivity contribution in [2.75, 3.05) is 14.2 Å². The lowest BCUT2D eigenvalue weighted by molar-refractivity contribution is 0.409. The number of phenols is 1. The van der Waals surface area contributed by atoms with Crippen molar-refractivity contribution >= 4 is 15.9 Å². The molecular formula is C9H12BrNO2. The lowest BCUT2D eigenvalue weighted by atomic mass is 10.2. The zero-order valence-corrected chi connectivity index (χ0v) is 9.18. The van der Waals surface area contributed by atoms with E-state index in [4.69, 9.17) is 4.74 Å². The molecule has 1 aromatic rings. The van der Waals surface area contributed by atoms with Gasteiger partial charge in [-0.2, -0.15) is 0 Å². The van der Waals surface area contributed by atoms with E-state index in [-0.39, 0.29) is 5.75 Å². The number of halogens is 1. The van der Waals surface area contributed by atoms with Gasteiger partial charge in [-0.15, -0.1) is 0 Å². The predicted molar refractivity (Wildman–Crippen MR) is 55.1 cm³/mol. The molecule has 0 aliphatic rings. The number of benzene rings is 1. The summed E-state index contributed by atoms with van der Waals surface area (Å²) < 4.78 is 5.72. The van der Waals surface area contributed by atoms with Crippen molar-refractivity contribution in [3.8, 4) is 11.5 Å². The highest BCUT2D eigenvalue weighted by Gasteiger charge is 2.07. The highest BCUT2D eigenvalue weighted by atomic mass is 79.9. The third-order valence-corrected chi connectivity index (χ3v) is 2.32. The number of hydrogen-bond acceptors (Lipinski definition) is 3. The van der Waals surface area contributed by atoms with Crippen LogP contribution in [0.15, 0.2) is 16.6 Å². The summed E-state index contributed by atoms with van der Waals surface area (Å²) in [7, 11) is 3.43. The van der Waals surface area contributed by atoms with Crippen molar-refractivity contribution in [2.24, 2.45) is 0 Å². The number of phenolic OH excluding ortho intramolecular Hbond substituents is 1. The number of methoxy groups -OCH3 is 1. The monoisotopic (exact) mass is 245 g/mol. The van der Waals surface area contributed by atoms with Crippen molar-refractivity contribution in [3.05, 3.63) is 22.2 Å². The summed E-state index contributed by atoms with van der Waals surface area (Å²) in [5.41, 5.74) is 0.814. The maximum absolute atomic E-state index is 9.61. The Hall–Kier alpha value is -0.740. The van der Waals surface area contributed by atoms with Crippen LogP contribution in [0.1, 0.15) is 5.56 Å². The van der Waals surface area contributed by atoms with Gasteiger partial charge in [0.15, 0.2) is 0 Å². The molecule has 0 unspecified atom stereocenters. The number of hydrogen-bond donors (Lipinski definition) is 2. The van der Waals surface area contributed by atoms with E-state index in [1.807, 2.05) is 7.05 Å². The largest absolute Gasteiger partial charge is 0.506 e. The second-order valence-corrected chi connectivity index (χ2v) is 3.50. The van der Waals surface area contributed by atoms with Gasteiger partial charge in [-0.1, -0.05) is 0 Å². The number of ether oxygens (including phenoxy) is 1. The summed E-state index contributed by atoms with van der Waals surface area (Å²) >= 11 is 3.25. The van der Waals surface area contributed by atoms with E-state index in [0.29, 0.717) is 11.0 Å². The van der Waals surface area contributed by atoms with Crippen LogP contribution in [-0.4, -0.2) is 19.3 Å². The normalized spacial score (nSPS) is 10.1. The topological polar surface area (TPSA) is 41.5 Å². The van der Waals surface area contributed by atoms with Crippen LogP contribution in [0.5, 0.6) is 11.5 Å². The molecule has 0 aromatic heterocycles. The summed E-state index contributed by atoms with van der Waals surface area (Å²) in [5.74, 6) is 0.991. The van der Waals surface area contributed by atoms with E-state index in [1.54, 1.807) is 19.2 Å². The van der Waals surface area contributed by atoms with E-state index in [2.05, 4.69) is 21.2 Å². The molecule has 0 aliphatic heterocycles. The quantitative estimate of drug-likeness (QED) is 0.855. The minimum absolute atomic E-state index is 0.259. The fraction of sp³-hybridized carbons (Fsp3) is 0.333. The maximum atomic E-state index is 9.61. The molecule has 3 nitrogen and oxygen atoms in total. The molecule has 0 atom stereocenters. The van der Waals surface area contributed by atoms with Gasteiger partial charge in [0.2, 0.25) is 0 Å². The molecule has 4 heteroatoms. The van der Waals surface area contributed by atoms with Gasteiger partial charge in [0.05, 0.1) is 11.6 Å². The van der Waals surface area contributed by atoms with Crippen molar-refractivity contribution < 1.29 is 9.84 Å².